The zero-order chi connectivity index (χ0) is 12.3. The maximum atomic E-state index is 12.2. The first-order chi connectivity index (χ1) is 8.13. The second-order valence-corrected chi connectivity index (χ2v) is 5.08. The van der Waals surface area contributed by atoms with Crippen molar-refractivity contribution < 1.29 is 4.79 Å². The number of nitrogens with one attached hydrogen (secondary N) is 1. The van der Waals surface area contributed by atoms with E-state index in [-0.39, 0.29) is 17.4 Å². The molecule has 0 radical (unpaired) electrons. The number of rotatable bonds is 3. The van der Waals surface area contributed by atoms with Gasteiger partial charge < -0.3 is 11.1 Å². The molecule has 0 aromatic heterocycles. The van der Waals surface area contributed by atoms with Crippen molar-refractivity contribution in [3.8, 4) is 0 Å². The van der Waals surface area contributed by atoms with Crippen LogP contribution in [0.3, 0.4) is 0 Å². The Kier molecular flexibility index (Phi) is 3.48. The van der Waals surface area contributed by atoms with E-state index in [1.165, 1.54) is 0 Å². The standard InChI is InChI=1S/C14H20N2O/c1-14(9-5-8-12(14)15)13(17)16-10-11-6-3-2-4-7-11/h2-4,6-7,12H,5,8-10,15H2,1H3,(H,16,17). The van der Waals surface area contributed by atoms with E-state index in [2.05, 4.69) is 5.32 Å². The van der Waals surface area contributed by atoms with E-state index in [9.17, 15) is 4.79 Å². The average molecular weight is 232 g/mol. The van der Waals surface area contributed by atoms with E-state index in [0.29, 0.717) is 6.54 Å². The maximum absolute atomic E-state index is 12.2. The predicted molar refractivity (Wildman–Crippen MR) is 68.2 cm³/mol. The van der Waals surface area contributed by atoms with Crippen LogP contribution in [0.1, 0.15) is 31.7 Å². The Balaban J connectivity index is 1.94. The Labute approximate surface area is 102 Å². The number of hydrogen-bond donors (Lipinski definition) is 2. The van der Waals surface area contributed by atoms with Gasteiger partial charge in [-0.05, 0) is 25.3 Å². The van der Waals surface area contributed by atoms with Crippen LogP contribution in [0.5, 0.6) is 0 Å². The Morgan fingerprint density at radius 1 is 1.47 bits per heavy atom. The molecule has 3 N–H and O–H groups in total. The summed E-state index contributed by atoms with van der Waals surface area (Å²) in [6.45, 7) is 2.56. The van der Waals surface area contributed by atoms with Gasteiger partial charge in [0.15, 0.2) is 0 Å². The van der Waals surface area contributed by atoms with Crippen molar-refractivity contribution >= 4 is 5.91 Å². The number of carbonyl (C=O) groups is 1. The van der Waals surface area contributed by atoms with Gasteiger partial charge in [-0.15, -0.1) is 0 Å². The number of benzene rings is 1. The fourth-order valence-corrected chi connectivity index (χ4v) is 2.46. The second kappa shape index (κ2) is 4.88. The molecule has 2 rings (SSSR count). The van der Waals surface area contributed by atoms with Gasteiger partial charge in [0.1, 0.15) is 0 Å². The third-order valence-electron chi connectivity index (χ3n) is 3.84. The Hall–Kier alpha value is -1.35. The van der Waals surface area contributed by atoms with Crippen LogP contribution in [-0.2, 0) is 11.3 Å². The minimum absolute atomic E-state index is 0.00160. The van der Waals surface area contributed by atoms with E-state index >= 15 is 0 Å². The molecule has 1 aliphatic rings. The number of amides is 1. The first-order valence-electron chi connectivity index (χ1n) is 6.21. The van der Waals surface area contributed by atoms with E-state index in [4.69, 9.17) is 5.73 Å². The summed E-state index contributed by atoms with van der Waals surface area (Å²) in [7, 11) is 0. The molecule has 1 fully saturated rings. The number of hydrogen-bond acceptors (Lipinski definition) is 2. The molecule has 3 heteroatoms. The molecular formula is C14H20N2O. The molecule has 92 valence electrons. The van der Waals surface area contributed by atoms with E-state index in [1.54, 1.807) is 0 Å². The summed E-state index contributed by atoms with van der Waals surface area (Å²) in [5.74, 6) is 0.0892. The molecule has 1 amide bonds. The first-order valence-corrected chi connectivity index (χ1v) is 6.21. The van der Waals surface area contributed by atoms with Crippen molar-refractivity contribution in [1.29, 1.82) is 0 Å². The van der Waals surface area contributed by atoms with Gasteiger partial charge in [-0.3, -0.25) is 4.79 Å². The topological polar surface area (TPSA) is 55.1 Å². The summed E-state index contributed by atoms with van der Waals surface area (Å²) in [5, 5.41) is 2.99. The molecule has 1 aromatic rings. The average Bonchev–Trinajstić information content (AvgIpc) is 2.69. The lowest BCUT2D eigenvalue weighted by Gasteiger charge is -2.27. The van der Waals surface area contributed by atoms with Crippen LogP contribution in [0.25, 0.3) is 0 Å². The van der Waals surface area contributed by atoms with E-state index < -0.39 is 0 Å². The van der Waals surface area contributed by atoms with Crippen LogP contribution in [0.4, 0.5) is 0 Å². The summed E-state index contributed by atoms with van der Waals surface area (Å²) in [6, 6.07) is 9.95. The highest BCUT2D eigenvalue weighted by atomic mass is 16.2. The van der Waals surface area contributed by atoms with Gasteiger partial charge >= 0.3 is 0 Å². The fraction of sp³-hybridized carbons (Fsp3) is 0.500. The number of carbonyl (C=O) groups excluding carboxylic acids is 1. The molecule has 1 aromatic carbocycles. The zero-order valence-electron chi connectivity index (χ0n) is 10.3. The van der Waals surface area contributed by atoms with Crippen molar-refractivity contribution in [2.24, 2.45) is 11.1 Å². The molecule has 0 spiro atoms. The van der Waals surface area contributed by atoms with Gasteiger partial charge in [0.05, 0.1) is 5.41 Å². The quantitative estimate of drug-likeness (QED) is 0.835. The molecule has 2 unspecified atom stereocenters. The summed E-state index contributed by atoms with van der Waals surface area (Å²) < 4.78 is 0. The summed E-state index contributed by atoms with van der Waals surface area (Å²) in [6.07, 6.45) is 2.90. The predicted octanol–water partition coefficient (Wildman–Crippen LogP) is 1.82. The highest BCUT2D eigenvalue weighted by Gasteiger charge is 2.42. The van der Waals surface area contributed by atoms with Gasteiger partial charge in [0.25, 0.3) is 0 Å². The smallest absolute Gasteiger partial charge is 0.227 e. The zero-order valence-corrected chi connectivity index (χ0v) is 10.3. The lowest BCUT2D eigenvalue weighted by molar-refractivity contribution is -0.130. The van der Waals surface area contributed by atoms with Gasteiger partial charge in [-0.1, -0.05) is 36.8 Å². The van der Waals surface area contributed by atoms with Gasteiger partial charge in [-0.2, -0.15) is 0 Å². The van der Waals surface area contributed by atoms with Crippen molar-refractivity contribution in [1.82, 2.24) is 5.32 Å². The summed E-state index contributed by atoms with van der Waals surface area (Å²) in [5.41, 5.74) is 6.76. The van der Waals surface area contributed by atoms with Crippen LogP contribution in [0, 0.1) is 5.41 Å². The van der Waals surface area contributed by atoms with Crippen LogP contribution in [0.15, 0.2) is 30.3 Å². The minimum Gasteiger partial charge on any atom is -0.352 e. The van der Waals surface area contributed by atoms with Gasteiger partial charge in [-0.25, -0.2) is 0 Å². The minimum atomic E-state index is -0.380. The van der Waals surface area contributed by atoms with Crippen molar-refractivity contribution in [3.05, 3.63) is 35.9 Å². The third-order valence-corrected chi connectivity index (χ3v) is 3.84. The Morgan fingerprint density at radius 2 is 2.18 bits per heavy atom. The molecule has 3 nitrogen and oxygen atoms in total. The molecule has 1 saturated carbocycles. The van der Waals surface area contributed by atoms with Gasteiger partial charge in [0, 0.05) is 12.6 Å². The Bertz CT molecular complexity index is 390. The lowest BCUT2D eigenvalue weighted by Crippen LogP contribution is -2.47. The molecule has 1 aliphatic carbocycles. The molecule has 17 heavy (non-hydrogen) atoms. The summed E-state index contributed by atoms with van der Waals surface area (Å²) >= 11 is 0. The molecule has 0 aliphatic heterocycles. The molecule has 0 bridgehead atoms. The lowest BCUT2D eigenvalue weighted by atomic mass is 9.84. The van der Waals surface area contributed by atoms with Crippen molar-refractivity contribution in [3.63, 3.8) is 0 Å². The highest BCUT2D eigenvalue weighted by molar-refractivity contribution is 5.83. The van der Waals surface area contributed by atoms with Crippen LogP contribution in [0.2, 0.25) is 0 Å². The number of nitrogens with two attached hydrogens (primary N) is 1. The first kappa shape index (κ1) is 12.1. The van der Waals surface area contributed by atoms with Crippen LogP contribution in [-0.4, -0.2) is 11.9 Å². The maximum Gasteiger partial charge on any atom is 0.227 e. The molecule has 0 saturated heterocycles. The van der Waals surface area contributed by atoms with Crippen molar-refractivity contribution in [2.45, 2.75) is 38.8 Å². The second-order valence-electron chi connectivity index (χ2n) is 5.08. The monoisotopic (exact) mass is 232 g/mol. The van der Waals surface area contributed by atoms with Gasteiger partial charge in [0.2, 0.25) is 5.91 Å². The largest absolute Gasteiger partial charge is 0.352 e. The van der Waals surface area contributed by atoms with Crippen LogP contribution >= 0.6 is 0 Å². The van der Waals surface area contributed by atoms with E-state index in [1.807, 2.05) is 37.3 Å². The summed E-state index contributed by atoms with van der Waals surface area (Å²) in [4.78, 5) is 12.2. The third kappa shape index (κ3) is 2.50. The fourth-order valence-electron chi connectivity index (χ4n) is 2.46. The molecule has 2 atom stereocenters. The molecular weight excluding hydrogens is 212 g/mol. The normalized spacial score (nSPS) is 28.0. The van der Waals surface area contributed by atoms with E-state index in [0.717, 1.165) is 24.8 Å². The Morgan fingerprint density at radius 3 is 2.76 bits per heavy atom. The SMILES string of the molecule is CC1(C(=O)NCc2ccccc2)CCCC1N. The van der Waals surface area contributed by atoms with Crippen molar-refractivity contribution in [2.75, 3.05) is 0 Å². The van der Waals surface area contributed by atoms with Crippen LogP contribution < -0.4 is 11.1 Å². The molecule has 0 heterocycles. The highest BCUT2D eigenvalue weighted by Crippen LogP contribution is 2.36.